The number of ether oxygens (including phenoxy) is 1. The number of nitrogens with two attached hydrogens (primary N) is 1. The molecule has 0 spiro atoms. The zero-order valence-corrected chi connectivity index (χ0v) is 8.24. The maximum atomic E-state index is 11.0. The molecule has 1 aromatic heterocycles. The molecule has 0 saturated carbocycles. The van der Waals surface area contributed by atoms with E-state index in [1.807, 2.05) is 0 Å². The van der Waals surface area contributed by atoms with Crippen LogP contribution in [0.4, 0.5) is 0 Å². The average molecular weight is 170 g/mol. The minimum atomic E-state index is -0.344. The van der Waals surface area contributed by atoms with Crippen LogP contribution in [0.15, 0.2) is 4.79 Å². The first-order valence-corrected chi connectivity index (χ1v) is 3.92. The fraction of sp³-hybridized carbons (Fsp3) is 0.250. The zero-order valence-electron chi connectivity index (χ0n) is 6.24. The molecular formula is C4H7AlN4O2. The summed E-state index contributed by atoms with van der Waals surface area (Å²) < 4.78 is 5.89. The second-order valence-electron chi connectivity index (χ2n) is 1.95. The summed E-state index contributed by atoms with van der Waals surface area (Å²) in [7, 11) is 1.37. The van der Waals surface area contributed by atoms with Gasteiger partial charge in [0, 0.05) is 4.56 Å². The van der Waals surface area contributed by atoms with Crippen LogP contribution in [0.1, 0.15) is 0 Å². The van der Waals surface area contributed by atoms with E-state index in [1.54, 1.807) is 0 Å². The highest BCUT2D eigenvalue weighted by Gasteiger charge is 2.04. The Morgan fingerprint density at radius 3 is 2.82 bits per heavy atom. The van der Waals surface area contributed by atoms with E-state index in [4.69, 9.17) is 5.84 Å². The highest BCUT2D eigenvalue weighted by atomic mass is 27.0. The fourth-order valence-corrected chi connectivity index (χ4v) is 0.950. The summed E-state index contributed by atoms with van der Waals surface area (Å²) in [4.78, 5) is 11.0. The van der Waals surface area contributed by atoms with Gasteiger partial charge in [0.15, 0.2) is 0 Å². The standard InChI is InChI=1S/C4H5N4O2.Al.2H/c1-10-4-7-6-2-3(9)8(4)5;;;/h5H2,1H3;;;. The van der Waals surface area contributed by atoms with Crippen molar-refractivity contribution in [3.8, 4) is 6.01 Å². The molecule has 11 heavy (non-hydrogen) atoms. The minimum Gasteiger partial charge on any atom is -0.466 e. The lowest BCUT2D eigenvalue weighted by atomic mass is 10.8. The van der Waals surface area contributed by atoms with E-state index in [0.29, 0.717) is 20.8 Å². The van der Waals surface area contributed by atoms with E-state index in [-0.39, 0.29) is 11.6 Å². The molecule has 1 aromatic rings. The third-order valence-corrected chi connectivity index (χ3v) is 1.83. The predicted octanol–water partition coefficient (Wildman–Crippen LogP) is -3.38. The Labute approximate surface area is 70.4 Å². The van der Waals surface area contributed by atoms with Gasteiger partial charge in [0.1, 0.15) is 0 Å². The predicted molar refractivity (Wildman–Crippen MR) is 41.2 cm³/mol. The van der Waals surface area contributed by atoms with Gasteiger partial charge in [0.25, 0.3) is 5.56 Å². The molecule has 0 aliphatic rings. The summed E-state index contributed by atoms with van der Waals surface area (Å²) >= 11 is 0.533. The molecule has 58 valence electrons. The van der Waals surface area contributed by atoms with E-state index >= 15 is 0 Å². The SMILES string of the molecule is COc1nn[c]([AlH2])c(=O)n1N. The third kappa shape index (κ3) is 1.34. The lowest BCUT2D eigenvalue weighted by molar-refractivity contribution is 0.355. The molecule has 0 bridgehead atoms. The van der Waals surface area contributed by atoms with Crippen LogP contribution in [0.5, 0.6) is 6.01 Å². The minimum absolute atomic E-state index is 0.0228. The van der Waals surface area contributed by atoms with Gasteiger partial charge in [0.2, 0.25) is 0 Å². The van der Waals surface area contributed by atoms with Gasteiger partial charge in [-0.25, -0.2) is 0 Å². The Hall–Kier alpha value is -1.06. The van der Waals surface area contributed by atoms with E-state index in [1.165, 1.54) is 7.11 Å². The Balaban J connectivity index is 3.37. The fourth-order valence-electron chi connectivity index (χ4n) is 0.609. The molecule has 0 atom stereocenters. The topological polar surface area (TPSA) is 83.0 Å². The van der Waals surface area contributed by atoms with Crippen molar-refractivity contribution in [3.05, 3.63) is 10.4 Å². The van der Waals surface area contributed by atoms with Crippen molar-refractivity contribution in [2.24, 2.45) is 0 Å². The van der Waals surface area contributed by atoms with Crippen molar-refractivity contribution in [3.63, 3.8) is 0 Å². The molecule has 0 aliphatic carbocycles. The highest BCUT2D eigenvalue weighted by Crippen LogP contribution is 1.90. The van der Waals surface area contributed by atoms with E-state index < -0.39 is 0 Å². The quantitative estimate of drug-likeness (QED) is 0.351. The van der Waals surface area contributed by atoms with Gasteiger partial charge >= 0.3 is 22.3 Å². The molecule has 1 heterocycles. The molecule has 6 nitrogen and oxygen atoms in total. The number of rotatable bonds is 1. The zero-order chi connectivity index (χ0) is 8.43. The van der Waals surface area contributed by atoms with Crippen LogP contribution in [-0.4, -0.2) is 38.3 Å². The van der Waals surface area contributed by atoms with Gasteiger partial charge in [-0.05, 0) is 0 Å². The molecular weight excluding hydrogens is 163 g/mol. The highest BCUT2D eigenvalue weighted by molar-refractivity contribution is 6.30. The van der Waals surface area contributed by atoms with Gasteiger partial charge in [-0.1, -0.05) is 5.10 Å². The van der Waals surface area contributed by atoms with Crippen molar-refractivity contribution in [2.75, 3.05) is 13.0 Å². The van der Waals surface area contributed by atoms with Crippen molar-refractivity contribution in [1.29, 1.82) is 0 Å². The first-order valence-electron chi connectivity index (χ1n) is 2.92. The first kappa shape index (κ1) is 8.04. The third-order valence-electron chi connectivity index (χ3n) is 1.20. The van der Waals surface area contributed by atoms with Crippen LogP contribution in [0.3, 0.4) is 0 Å². The Morgan fingerprint density at radius 2 is 2.27 bits per heavy atom. The maximum Gasteiger partial charge on any atom is 0.337 e. The summed E-state index contributed by atoms with van der Waals surface area (Å²) in [6.45, 7) is 0. The summed E-state index contributed by atoms with van der Waals surface area (Å²) in [6, 6.07) is 0.0228. The van der Waals surface area contributed by atoms with Crippen LogP contribution in [-0.2, 0) is 0 Å². The van der Waals surface area contributed by atoms with Gasteiger partial charge in [-0.3, -0.25) is 4.79 Å². The van der Waals surface area contributed by atoms with Crippen molar-refractivity contribution >= 4 is 20.8 Å². The summed E-state index contributed by atoms with van der Waals surface area (Å²) in [5, 5.41) is 7.14. The van der Waals surface area contributed by atoms with E-state index in [2.05, 4.69) is 14.9 Å². The molecule has 0 aliphatic heterocycles. The first-order chi connectivity index (χ1) is 5.16. The normalized spacial score (nSPS) is 9.55. The van der Waals surface area contributed by atoms with Gasteiger partial charge in [-0.15, -0.1) is 0 Å². The second kappa shape index (κ2) is 2.90. The molecule has 0 unspecified atom stereocenters. The molecule has 0 saturated heterocycles. The second-order valence-corrected chi connectivity index (χ2v) is 2.89. The summed E-state index contributed by atoms with van der Waals surface area (Å²) in [5.74, 6) is 5.29. The number of methoxy groups -OCH3 is 1. The van der Waals surface area contributed by atoms with Gasteiger partial charge < -0.3 is 10.6 Å². The van der Waals surface area contributed by atoms with Crippen LogP contribution >= 0.6 is 0 Å². The van der Waals surface area contributed by atoms with Crippen molar-refractivity contribution in [2.45, 2.75) is 0 Å². The number of nitrogen functional groups attached to an aromatic ring is 1. The number of hydrogen-bond donors (Lipinski definition) is 1. The summed E-state index contributed by atoms with van der Waals surface area (Å²) in [6.07, 6.45) is 0. The number of nitrogens with zero attached hydrogens (tertiary/aromatic N) is 3. The van der Waals surface area contributed by atoms with Crippen molar-refractivity contribution < 1.29 is 4.74 Å². The van der Waals surface area contributed by atoms with E-state index in [0.717, 1.165) is 4.68 Å². The van der Waals surface area contributed by atoms with E-state index in [9.17, 15) is 4.79 Å². The number of aromatic nitrogens is 3. The average Bonchev–Trinajstić information content (AvgIpc) is 2.01. The molecule has 0 fully saturated rings. The van der Waals surface area contributed by atoms with Crippen LogP contribution in [0.2, 0.25) is 0 Å². The Kier molecular flexibility index (Phi) is 2.12. The lowest BCUT2D eigenvalue weighted by Crippen LogP contribution is -2.42. The van der Waals surface area contributed by atoms with Gasteiger partial charge in [-0.2, -0.15) is 9.77 Å². The number of hydrogen-bond acceptors (Lipinski definition) is 5. The molecule has 0 radical (unpaired) electrons. The Morgan fingerprint density at radius 1 is 1.64 bits per heavy atom. The van der Waals surface area contributed by atoms with Crippen molar-refractivity contribution in [1.82, 2.24) is 14.9 Å². The monoisotopic (exact) mass is 170 g/mol. The largest absolute Gasteiger partial charge is 0.466 e. The molecule has 1 rings (SSSR count). The molecule has 0 amide bonds. The van der Waals surface area contributed by atoms with Crippen LogP contribution in [0, 0.1) is 0 Å². The smallest absolute Gasteiger partial charge is 0.337 e. The maximum absolute atomic E-state index is 11.0. The lowest BCUT2D eigenvalue weighted by Gasteiger charge is -2.02. The summed E-state index contributed by atoms with van der Waals surface area (Å²) in [5.41, 5.74) is -0.344. The van der Waals surface area contributed by atoms with Crippen LogP contribution in [0.25, 0.3) is 0 Å². The Bertz CT molecular complexity index is 322. The van der Waals surface area contributed by atoms with Gasteiger partial charge in [0.05, 0.1) is 7.11 Å². The molecule has 7 heteroatoms. The molecule has 2 N–H and O–H groups in total. The molecule has 0 aromatic carbocycles. The van der Waals surface area contributed by atoms with Crippen LogP contribution < -0.4 is 20.7 Å².